The van der Waals surface area contributed by atoms with Crippen LogP contribution in [0.2, 0.25) is 0 Å². The van der Waals surface area contributed by atoms with Crippen LogP contribution in [0.5, 0.6) is 5.75 Å². The van der Waals surface area contributed by atoms with Gasteiger partial charge >= 0.3 is 0 Å². The summed E-state index contributed by atoms with van der Waals surface area (Å²) >= 11 is 0. The van der Waals surface area contributed by atoms with E-state index in [1.165, 1.54) is 0 Å². The molecule has 1 N–H and O–H groups in total. The number of piperidine rings is 1. The number of rotatable bonds is 2. The van der Waals surface area contributed by atoms with E-state index in [9.17, 15) is 5.11 Å². The summed E-state index contributed by atoms with van der Waals surface area (Å²) < 4.78 is 10.9. The minimum Gasteiger partial charge on any atom is -0.497 e. The molecule has 3 rings (SSSR count). The van der Waals surface area contributed by atoms with Crippen molar-refractivity contribution in [2.24, 2.45) is 0 Å². The van der Waals surface area contributed by atoms with Crippen molar-refractivity contribution < 1.29 is 14.3 Å². The SMILES string of the molecule is COc1ccc2oc(N3CCC(O)CC3)nc2c1. The monoisotopic (exact) mass is 248 g/mol. The number of ether oxygens (including phenoxy) is 1. The summed E-state index contributed by atoms with van der Waals surface area (Å²) in [6.45, 7) is 1.57. The highest BCUT2D eigenvalue weighted by Gasteiger charge is 2.21. The van der Waals surface area contributed by atoms with E-state index in [1.807, 2.05) is 18.2 Å². The minimum atomic E-state index is -0.189. The van der Waals surface area contributed by atoms with E-state index in [4.69, 9.17) is 9.15 Å². The molecular formula is C13H16N2O3. The Hall–Kier alpha value is -1.75. The molecular weight excluding hydrogens is 232 g/mol. The zero-order chi connectivity index (χ0) is 12.5. The highest BCUT2D eigenvalue weighted by Crippen LogP contribution is 2.27. The van der Waals surface area contributed by atoms with Gasteiger partial charge in [0.15, 0.2) is 5.58 Å². The molecule has 0 bridgehead atoms. The minimum absolute atomic E-state index is 0.189. The van der Waals surface area contributed by atoms with E-state index in [-0.39, 0.29) is 6.10 Å². The maximum absolute atomic E-state index is 9.49. The molecule has 18 heavy (non-hydrogen) atoms. The van der Waals surface area contributed by atoms with Crippen LogP contribution in [-0.4, -0.2) is 36.4 Å². The Morgan fingerprint density at radius 2 is 2.17 bits per heavy atom. The number of fused-ring (bicyclic) bond motifs is 1. The Labute approximate surface area is 105 Å². The third-order valence-corrected chi connectivity index (χ3v) is 3.32. The van der Waals surface area contributed by atoms with E-state index in [0.29, 0.717) is 6.01 Å². The predicted molar refractivity (Wildman–Crippen MR) is 68.0 cm³/mol. The Kier molecular flexibility index (Phi) is 2.83. The van der Waals surface area contributed by atoms with Gasteiger partial charge in [0, 0.05) is 19.2 Å². The second kappa shape index (κ2) is 4.49. The molecule has 1 saturated heterocycles. The van der Waals surface area contributed by atoms with Crippen molar-refractivity contribution in [3.8, 4) is 5.75 Å². The third-order valence-electron chi connectivity index (χ3n) is 3.32. The fourth-order valence-electron chi connectivity index (χ4n) is 2.21. The number of aliphatic hydroxyl groups is 1. The largest absolute Gasteiger partial charge is 0.497 e. The van der Waals surface area contributed by atoms with Gasteiger partial charge in [-0.3, -0.25) is 0 Å². The predicted octanol–water partition coefficient (Wildman–Crippen LogP) is 1.80. The lowest BCUT2D eigenvalue weighted by molar-refractivity contribution is 0.144. The molecule has 2 aromatic rings. The smallest absolute Gasteiger partial charge is 0.298 e. The topological polar surface area (TPSA) is 58.7 Å². The van der Waals surface area contributed by atoms with Crippen molar-refractivity contribution in [3.63, 3.8) is 0 Å². The first kappa shape index (κ1) is 11.3. The van der Waals surface area contributed by atoms with Crippen molar-refractivity contribution in [1.29, 1.82) is 0 Å². The average molecular weight is 248 g/mol. The zero-order valence-corrected chi connectivity index (χ0v) is 10.3. The van der Waals surface area contributed by atoms with E-state index in [2.05, 4.69) is 9.88 Å². The van der Waals surface area contributed by atoms with Crippen LogP contribution in [0.15, 0.2) is 22.6 Å². The number of methoxy groups -OCH3 is 1. The first-order valence-corrected chi connectivity index (χ1v) is 6.14. The van der Waals surface area contributed by atoms with Crippen LogP contribution in [0.3, 0.4) is 0 Å². The standard InChI is InChI=1S/C13H16N2O3/c1-17-10-2-3-12-11(8-10)14-13(18-12)15-6-4-9(16)5-7-15/h2-3,8-9,16H,4-7H2,1H3. The van der Waals surface area contributed by atoms with E-state index >= 15 is 0 Å². The molecule has 1 aliphatic rings. The maximum Gasteiger partial charge on any atom is 0.298 e. The lowest BCUT2D eigenvalue weighted by atomic mass is 10.1. The van der Waals surface area contributed by atoms with Gasteiger partial charge in [-0.25, -0.2) is 0 Å². The Balaban J connectivity index is 1.88. The number of anilines is 1. The summed E-state index contributed by atoms with van der Waals surface area (Å²) in [5.74, 6) is 0.774. The third kappa shape index (κ3) is 2.01. The van der Waals surface area contributed by atoms with Crippen LogP contribution in [-0.2, 0) is 0 Å². The van der Waals surface area contributed by atoms with Crippen molar-refractivity contribution in [1.82, 2.24) is 4.98 Å². The number of aromatic nitrogens is 1. The number of aliphatic hydroxyl groups excluding tert-OH is 1. The molecule has 0 unspecified atom stereocenters. The lowest BCUT2D eigenvalue weighted by Gasteiger charge is -2.27. The summed E-state index contributed by atoms with van der Waals surface area (Å²) in [5, 5.41) is 9.49. The van der Waals surface area contributed by atoms with Crippen molar-refractivity contribution in [3.05, 3.63) is 18.2 Å². The second-order valence-corrected chi connectivity index (χ2v) is 4.55. The number of hydrogen-bond acceptors (Lipinski definition) is 5. The van der Waals surface area contributed by atoms with Crippen molar-refractivity contribution in [2.45, 2.75) is 18.9 Å². The molecule has 96 valence electrons. The molecule has 0 saturated carbocycles. The van der Waals surface area contributed by atoms with Gasteiger partial charge in [-0.1, -0.05) is 0 Å². The molecule has 0 aliphatic carbocycles. The Morgan fingerprint density at radius 1 is 1.39 bits per heavy atom. The van der Waals surface area contributed by atoms with E-state index in [0.717, 1.165) is 42.8 Å². The van der Waals surface area contributed by atoms with Gasteiger partial charge in [-0.05, 0) is 25.0 Å². The van der Waals surface area contributed by atoms with Crippen molar-refractivity contribution >= 4 is 17.1 Å². The number of hydrogen-bond donors (Lipinski definition) is 1. The fourth-order valence-corrected chi connectivity index (χ4v) is 2.21. The van der Waals surface area contributed by atoms with Crippen LogP contribution < -0.4 is 9.64 Å². The van der Waals surface area contributed by atoms with E-state index in [1.54, 1.807) is 7.11 Å². The maximum atomic E-state index is 9.49. The molecule has 5 nitrogen and oxygen atoms in total. The van der Waals surface area contributed by atoms with Gasteiger partial charge in [0.2, 0.25) is 0 Å². The Bertz CT molecular complexity index is 544. The van der Waals surface area contributed by atoms with Gasteiger partial charge in [0.25, 0.3) is 6.01 Å². The average Bonchev–Trinajstić information content (AvgIpc) is 2.82. The molecule has 2 heterocycles. The van der Waals surface area contributed by atoms with Gasteiger partial charge in [0.05, 0.1) is 13.2 Å². The number of benzene rings is 1. The molecule has 5 heteroatoms. The first-order chi connectivity index (χ1) is 8.76. The normalized spacial score (nSPS) is 17.3. The summed E-state index contributed by atoms with van der Waals surface area (Å²) in [6, 6.07) is 6.21. The lowest BCUT2D eigenvalue weighted by Crippen LogP contribution is -2.35. The second-order valence-electron chi connectivity index (χ2n) is 4.55. The molecule has 1 aromatic carbocycles. The fraction of sp³-hybridized carbons (Fsp3) is 0.462. The van der Waals surface area contributed by atoms with Crippen LogP contribution in [0, 0.1) is 0 Å². The molecule has 0 radical (unpaired) electrons. The van der Waals surface area contributed by atoms with E-state index < -0.39 is 0 Å². The number of oxazole rings is 1. The summed E-state index contributed by atoms with van der Waals surface area (Å²) in [5.41, 5.74) is 1.56. The van der Waals surface area contributed by atoms with Gasteiger partial charge in [-0.2, -0.15) is 4.98 Å². The van der Waals surface area contributed by atoms with Gasteiger partial charge in [0.1, 0.15) is 11.3 Å². The van der Waals surface area contributed by atoms with Gasteiger partial charge in [-0.15, -0.1) is 0 Å². The summed E-state index contributed by atoms with van der Waals surface area (Å²) in [7, 11) is 1.63. The van der Waals surface area contributed by atoms with Crippen LogP contribution in [0.4, 0.5) is 6.01 Å². The van der Waals surface area contributed by atoms with Crippen molar-refractivity contribution in [2.75, 3.05) is 25.1 Å². The highest BCUT2D eigenvalue weighted by atomic mass is 16.5. The number of nitrogens with zero attached hydrogens (tertiary/aromatic N) is 2. The zero-order valence-electron chi connectivity index (χ0n) is 10.3. The summed E-state index contributed by atoms with van der Waals surface area (Å²) in [4.78, 5) is 6.54. The molecule has 1 aliphatic heterocycles. The van der Waals surface area contributed by atoms with Crippen LogP contribution in [0.25, 0.3) is 11.1 Å². The van der Waals surface area contributed by atoms with Crippen LogP contribution >= 0.6 is 0 Å². The van der Waals surface area contributed by atoms with Gasteiger partial charge < -0.3 is 19.2 Å². The summed E-state index contributed by atoms with van der Waals surface area (Å²) in [6.07, 6.45) is 1.34. The molecule has 1 aromatic heterocycles. The first-order valence-electron chi connectivity index (χ1n) is 6.14. The molecule has 0 amide bonds. The molecule has 0 spiro atoms. The van der Waals surface area contributed by atoms with Crippen LogP contribution in [0.1, 0.15) is 12.8 Å². The Morgan fingerprint density at radius 3 is 2.89 bits per heavy atom. The molecule has 1 fully saturated rings. The quantitative estimate of drug-likeness (QED) is 0.878. The highest BCUT2D eigenvalue weighted by molar-refractivity contribution is 5.76. The molecule has 0 atom stereocenters.